The van der Waals surface area contributed by atoms with Gasteiger partial charge in [-0.15, -0.1) is 0 Å². The van der Waals surface area contributed by atoms with Crippen LogP contribution in [0, 0.1) is 0 Å². The van der Waals surface area contributed by atoms with E-state index < -0.39 is 0 Å². The van der Waals surface area contributed by atoms with Gasteiger partial charge in [-0.2, -0.15) is 0 Å². The summed E-state index contributed by atoms with van der Waals surface area (Å²) >= 11 is 0. The standard InChI is InChI=1S/C13H19N3O/c14-15-12-8-4-3-7-11(12)13(17)16-9-5-1-2-6-10-16/h3-4,7-8,15H,1-2,5-6,9-10,14H2. The number of amides is 1. The van der Waals surface area contributed by atoms with E-state index in [-0.39, 0.29) is 5.91 Å². The van der Waals surface area contributed by atoms with E-state index in [1.165, 1.54) is 12.8 Å². The summed E-state index contributed by atoms with van der Waals surface area (Å²) in [7, 11) is 0. The lowest BCUT2D eigenvalue weighted by atomic mass is 10.1. The van der Waals surface area contributed by atoms with Crippen molar-refractivity contribution in [2.75, 3.05) is 18.5 Å². The van der Waals surface area contributed by atoms with Crippen LogP contribution >= 0.6 is 0 Å². The summed E-state index contributed by atoms with van der Waals surface area (Å²) < 4.78 is 0. The highest BCUT2D eigenvalue weighted by atomic mass is 16.2. The first-order valence-corrected chi connectivity index (χ1v) is 6.18. The number of hydrogen-bond donors (Lipinski definition) is 2. The molecule has 0 bridgehead atoms. The summed E-state index contributed by atoms with van der Waals surface area (Å²) in [5, 5.41) is 0. The quantitative estimate of drug-likeness (QED) is 0.606. The summed E-state index contributed by atoms with van der Waals surface area (Å²) in [5.41, 5.74) is 3.94. The third-order valence-corrected chi connectivity index (χ3v) is 3.21. The lowest BCUT2D eigenvalue weighted by Crippen LogP contribution is -2.32. The monoisotopic (exact) mass is 233 g/mol. The molecule has 3 N–H and O–H groups in total. The van der Waals surface area contributed by atoms with Crippen molar-refractivity contribution in [1.82, 2.24) is 4.90 Å². The molecule has 0 saturated carbocycles. The predicted octanol–water partition coefficient (Wildman–Crippen LogP) is 1.99. The van der Waals surface area contributed by atoms with Gasteiger partial charge in [0.15, 0.2) is 0 Å². The Labute approximate surface area is 102 Å². The molecule has 4 nitrogen and oxygen atoms in total. The van der Waals surface area contributed by atoms with Gasteiger partial charge in [0.05, 0.1) is 11.3 Å². The summed E-state index contributed by atoms with van der Waals surface area (Å²) in [5.74, 6) is 5.51. The minimum atomic E-state index is 0.0838. The lowest BCUT2D eigenvalue weighted by molar-refractivity contribution is 0.0762. The van der Waals surface area contributed by atoms with Gasteiger partial charge in [0, 0.05) is 13.1 Å². The van der Waals surface area contributed by atoms with Gasteiger partial charge >= 0.3 is 0 Å². The molecular formula is C13H19N3O. The molecule has 1 aliphatic heterocycles. The van der Waals surface area contributed by atoms with Gasteiger partial charge in [0.2, 0.25) is 0 Å². The Morgan fingerprint density at radius 2 is 1.76 bits per heavy atom. The van der Waals surface area contributed by atoms with Crippen molar-refractivity contribution in [2.24, 2.45) is 5.84 Å². The second kappa shape index (κ2) is 5.68. The summed E-state index contributed by atoms with van der Waals surface area (Å²) in [4.78, 5) is 14.3. The molecule has 17 heavy (non-hydrogen) atoms. The van der Waals surface area contributed by atoms with Crippen molar-refractivity contribution in [2.45, 2.75) is 25.7 Å². The van der Waals surface area contributed by atoms with Gasteiger partial charge in [-0.1, -0.05) is 25.0 Å². The van der Waals surface area contributed by atoms with Crippen LogP contribution in [-0.2, 0) is 0 Å². The number of likely N-dealkylation sites (tertiary alicyclic amines) is 1. The van der Waals surface area contributed by atoms with Crippen LogP contribution in [0.4, 0.5) is 5.69 Å². The van der Waals surface area contributed by atoms with Crippen LogP contribution in [0.15, 0.2) is 24.3 Å². The molecule has 0 atom stereocenters. The average molecular weight is 233 g/mol. The zero-order valence-electron chi connectivity index (χ0n) is 9.98. The third-order valence-electron chi connectivity index (χ3n) is 3.21. The fourth-order valence-electron chi connectivity index (χ4n) is 2.24. The normalized spacial score (nSPS) is 16.4. The molecule has 1 aliphatic rings. The fourth-order valence-corrected chi connectivity index (χ4v) is 2.24. The molecule has 0 spiro atoms. The molecule has 0 aliphatic carbocycles. The minimum Gasteiger partial charge on any atom is -0.339 e. The molecule has 0 aromatic heterocycles. The van der Waals surface area contributed by atoms with Gasteiger partial charge in [-0.25, -0.2) is 0 Å². The van der Waals surface area contributed by atoms with Gasteiger partial charge in [-0.05, 0) is 25.0 Å². The van der Waals surface area contributed by atoms with Crippen molar-refractivity contribution in [3.05, 3.63) is 29.8 Å². The maximum atomic E-state index is 12.4. The van der Waals surface area contributed by atoms with Crippen LogP contribution in [-0.4, -0.2) is 23.9 Å². The number of para-hydroxylation sites is 1. The Hall–Kier alpha value is -1.55. The predicted molar refractivity (Wildman–Crippen MR) is 68.6 cm³/mol. The maximum Gasteiger partial charge on any atom is 0.256 e. The van der Waals surface area contributed by atoms with Gasteiger partial charge in [-0.3, -0.25) is 10.6 Å². The molecule has 1 heterocycles. The fraction of sp³-hybridized carbons (Fsp3) is 0.462. The summed E-state index contributed by atoms with van der Waals surface area (Å²) in [6.07, 6.45) is 4.65. The molecule has 1 aromatic carbocycles. The highest BCUT2D eigenvalue weighted by molar-refractivity contribution is 5.99. The number of rotatable bonds is 2. The maximum absolute atomic E-state index is 12.4. The van der Waals surface area contributed by atoms with E-state index in [1.54, 1.807) is 0 Å². The molecule has 2 rings (SSSR count). The summed E-state index contributed by atoms with van der Waals surface area (Å²) in [6.45, 7) is 1.72. The van der Waals surface area contributed by atoms with Crippen LogP contribution in [0.25, 0.3) is 0 Å². The largest absolute Gasteiger partial charge is 0.339 e. The number of anilines is 1. The first-order valence-electron chi connectivity index (χ1n) is 6.18. The van der Waals surface area contributed by atoms with E-state index in [4.69, 9.17) is 5.84 Å². The number of carbonyl (C=O) groups excluding carboxylic acids is 1. The topological polar surface area (TPSA) is 58.4 Å². The number of nitrogens with zero attached hydrogens (tertiary/aromatic N) is 1. The molecule has 1 fully saturated rings. The number of nitrogen functional groups attached to an aromatic ring is 1. The van der Waals surface area contributed by atoms with E-state index >= 15 is 0 Å². The number of hydrazine groups is 1. The van der Waals surface area contributed by atoms with Crippen molar-refractivity contribution >= 4 is 11.6 Å². The molecule has 0 unspecified atom stereocenters. The second-order valence-electron chi connectivity index (χ2n) is 4.40. The number of nitrogens with one attached hydrogen (secondary N) is 1. The van der Waals surface area contributed by atoms with E-state index in [1.807, 2.05) is 29.2 Å². The van der Waals surface area contributed by atoms with Crippen LogP contribution in [0.1, 0.15) is 36.0 Å². The van der Waals surface area contributed by atoms with Crippen LogP contribution in [0.2, 0.25) is 0 Å². The Bertz CT molecular complexity index is 384. The molecule has 4 heteroatoms. The first kappa shape index (κ1) is 11.9. The van der Waals surface area contributed by atoms with Gasteiger partial charge < -0.3 is 10.3 Å². The molecule has 0 radical (unpaired) electrons. The number of carbonyl (C=O) groups is 1. The van der Waals surface area contributed by atoms with Gasteiger partial charge in [0.25, 0.3) is 5.91 Å². The molecular weight excluding hydrogens is 214 g/mol. The van der Waals surface area contributed by atoms with E-state index in [0.717, 1.165) is 25.9 Å². The van der Waals surface area contributed by atoms with Crippen LogP contribution in [0.3, 0.4) is 0 Å². The van der Waals surface area contributed by atoms with Crippen molar-refractivity contribution in [3.8, 4) is 0 Å². The van der Waals surface area contributed by atoms with Crippen LogP contribution in [0.5, 0.6) is 0 Å². The Kier molecular flexibility index (Phi) is 3.98. The Morgan fingerprint density at radius 1 is 1.12 bits per heavy atom. The number of benzene rings is 1. The molecule has 92 valence electrons. The third kappa shape index (κ3) is 2.77. The van der Waals surface area contributed by atoms with Gasteiger partial charge in [0.1, 0.15) is 0 Å². The van der Waals surface area contributed by atoms with Crippen LogP contribution < -0.4 is 11.3 Å². The molecule has 1 aromatic rings. The van der Waals surface area contributed by atoms with E-state index in [9.17, 15) is 4.79 Å². The Balaban J connectivity index is 2.17. The van der Waals surface area contributed by atoms with Crippen molar-refractivity contribution in [3.63, 3.8) is 0 Å². The van der Waals surface area contributed by atoms with E-state index in [0.29, 0.717) is 11.3 Å². The second-order valence-corrected chi connectivity index (χ2v) is 4.40. The number of nitrogens with two attached hydrogens (primary N) is 1. The van der Waals surface area contributed by atoms with Crippen molar-refractivity contribution < 1.29 is 4.79 Å². The first-order chi connectivity index (χ1) is 8.33. The Morgan fingerprint density at radius 3 is 2.41 bits per heavy atom. The smallest absolute Gasteiger partial charge is 0.256 e. The summed E-state index contributed by atoms with van der Waals surface area (Å²) in [6, 6.07) is 7.38. The minimum absolute atomic E-state index is 0.0838. The number of hydrogen-bond acceptors (Lipinski definition) is 3. The van der Waals surface area contributed by atoms with E-state index in [2.05, 4.69) is 5.43 Å². The average Bonchev–Trinajstić information content (AvgIpc) is 2.66. The highest BCUT2D eigenvalue weighted by Crippen LogP contribution is 2.18. The molecule has 1 amide bonds. The zero-order valence-corrected chi connectivity index (χ0v) is 9.98. The SMILES string of the molecule is NNc1ccccc1C(=O)N1CCCCCC1. The molecule has 1 saturated heterocycles. The zero-order chi connectivity index (χ0) is 12.1. The lowest BCUT2D eigenvalue weighted by Gasteiger charge is -2.21. The highest BCUT2D eigenvalue weighted by Gasteiger charge is 2.19. The van der Waals surface area contributed by atoms with Crippen molar-refractivity contribution in [1.29, 1.82) is 0 Å².